The second-order valence-electron chi connectivity index (χ2n) is 8.60. The molecule has 0 spiro atoms. The zero-order valence-corrected chi connectivity index (χ0v) is 22.3. The Labute approximate surface area is 222 Å². The largest absolute Gasteiger partial charge is 0.418 e. The molecule has 0 aliphatic carbocycles. The summed E-state index contributed by atoms with van der Waals surface area (Å²) in [4.78, 5) is 23.2. The number of rotatable bonds is 9. The van der Waals surface area contributed by atoms with Crippen LogP contribution in [0.1, 0.15) is 41.3 Å². The van der Waals surface area contributed by atoms with E-state index in [1.165, 1.54) is 52.7 Å². The number of nitrogens with zero attached hydrogens (tertiary/aromatic N) is 4. The number of para-hydroxylation sites is 1. The van der Waals surface area contributed by atoms with Crippen molar-refractivity contribution in [2.75, 3.05) is 18.5 Å². The van der Waals surface area contributed by atoms with Gasteiger partial charge in [-0.25, -0.2) is 17.7 Å². The van der Waals surface area contributed by atoms with Crippen LogP contribution >= 0.6 is 11.3 Å². The molecule has 2 heterocycles. The lowest BCUT2D eigenvalue weighted by atomic mass is 10.2. The van der Waals surface area contributed by atoms with Gasteiger partial charge in [0, 0.05) is 31.5 Å². The third-order valence-corrected chi connectivity index (χ3v) is 8.83. The fourth-order valence-electron chi connectivity index (χ4n) is 3.78. The van der Waals surface area contributed by atoms with E-state index in [1.54, 1.807) is 24.5 Å². The molecule has 2 aromatic heterocycles. The molecular formula is C26H25F3N4O3S2. The monoisotopic (exact) mass is 562 g/mol. The van der Waals surface area contributed by atoms with Crippen molar-refractivity contribution in [1.29, 1.82) is 0 Å². The molecule has 0 aliphatic rings. The molecule has 4 aromatic rings. The van der Waals surface area contributed by atoms with Gasteiger partial charge >= 0.3 is 6.18 Å². The predicted octanol–water partition coefficient (Wildman–Crippen LogP) is 5.98. The fraction of sp³-hybridized carbons (Fsp3) is 0.269. The van der Waals surface area contributed by atoms with E-state index >= 15 is 0 Å². The molecule has 4 rings (SSSR count). The zero-order chi connectivity index (χ0) is 27.5. The Bertz CT molecular complexity index is 1520. The SMILES string of the molecule is CCCCN(C)S(=O)(=O)c1ccc(C(=O)N(Cc2ccncc2)c2nc3c(C(F)(F)F)cccc3s2)cc1. The molecule has 0 fully saturated rings. The molecule has 0 bridgehead atoms. The number of alkyl halides is 3. The lowest BCUT2D eigenvalue weighted by Crippen LogP contribution is -2.31. The molecule has 0 aliphatic heterocycles. The van der Waals surface area contributed by atoms with Crippen molar-refractivity contribution in [3.05, 3.63) is 83.7 Å². The number of fused-ring (bicyclic) bond motifs is 1. The molecule has 0 saturated carbocycles. The van der Waals surface area contributed by atoms with Gasteiger partial charge in [0.2, 0.25) is 10.0 Å². The van der Waals surface area contributed by atoms with Crippen LogP contribution in [0.25, 0.3) is 10.2 Å². The fourth-order valence-corrected chi connectivity index (χ4v) is 5.98. The number of halogens is 3. The third-order valence-electron chi connectivity index (χ3n) is 5.92. The van der Waals surface area contributed by atoms with Gasteiger partial charge in [0.1, 0.15) is 0 Å². The van der Waals surface area contributed by atoms with Crippen LogP contribution in [0.4, 0.5) is 18.3 Å². The second kappa shape index (κ2) is 11.2. The number of anilines is 1. The Hall–Kier alpha value is -3.35. The molecule has 0 N–H and O–H groups in total. The van der Waals surface area contributed by atoms with Gasteiger partial charge in [-0.05, 0) is 60.5 Å². The average Bonchev–Trinajstić information content (AvgIpc) is 3.34. The van der Waals surface area contributed by atoms with E-state index in [-0.39, 0.29) is 27.7 Å². The first-order chi connectivity index (χ1) is 18.0. The quantitative estimate of drug-likeness (QED) is 0.251. The number of aromatic nitrogens is 2. The Morgan fingerprint density at radius 3 is 2.34 bits per heavy atom. The number of hydrogen-bond acceptors (Lipinski definition) is 6. The average molecular weight is 563 g/mol. The number of carbonyl (C=O) groups excluding carboxylic acids is 1. The predicted molar refractivity (Wildman–Crippen MR) is 141 cm³/mol. The smallest absolute Gasteiger partial charge is 0.279 e. The van der Waals surface area contributed by atoms with Gasteiger partial charge in [0.15, 0.2) is 5.13 Å². The van der Waals surface area contributed by atoms with E-state index in [0.29, 0.717) is 23.2 Å². The summed E-state index contributed by atoms with van der Waals surface area (Å²) in [5.41, 5.74) is -0.246. The normalized spacial score (nSPS) is 12.3. The lowest BCUT2D eigenvalue weighted by Gasteiger charge is -2.21. The van der Waals surface area contributed by atoms with Crippen molar-refractivity contribution in [2.24, 2.45) is 0 Å². The minimum absolute atomic E-state index is 0.0301. The molecule has 0 unspecified atom stereocenters. The highest BCUT2D eigenvalue weighted by Gasteiger charge is 2.34. The third kappa shape index (κ3) is 5.87. The summed E-state index contributed by atoms with van der Waals surface area (Å²) in [5.74, 6) is -0.530. The minimum atomic E-state index is -4.60. The van der Waals surface area contributed by atoms with Gasteiger partial charge in [-0.3, -0.25) is 14.7 Å². The Kier molecular flexibility index (Phi) is 8.14. The molecular weight excluding hydrogens is 537 g/mol. The number of thiazole rings is 1. The van der Waals surface area contributed by atoms with Crippen molar-refractivity contribution >= 4 is 42.6 Å². The van der Waals surface area contributed by atoms with Crippen LogP contribution in [0.3, 0.4) is 0 Å². The molecule has 0 saturated heterocycles. The van der Waals surface area contributed by atoms with Gasteiger partial charge in [-0.1, -0.05) is 30.7 Å². The van der Waals surface area contributed by atoms with Crippen LogP contribution in [0.5, 0.6) is 0 Å². The maximum atomic E-state index is 13.6. The molecule has 7 nitrogen and oxygen atoms in total. The van der Waals surface area contributed by atoms with Crippen LogP contribution in [-0.2, 0) is 22.7 Å². The maximum Gasteiger partial charge on any atom is 0.418 e. The lowest BCUT2D eigenvalue weighted by molar-refractivity contribution is -0.136. The van der Waals surface area contributed by atoms with Gasteiger partial charge in [-0.2, -0.15) is 13.2 Å². The van der Waals surface area contributed by atoms with E-state index in [0.717, 1.165) is 23.8 Å². The van der Waals surface area contributed by atoms with Crippen LogP contribution in [0.15, 0.2) is 71.9 Å². The van der Waals surface area contributed by atoms with Gasteiger partial charge in [0.25, 0.3) is 5.91 Å². The maximum absolute atomic E-state index is 13.6. The molecule has 200 valence electrons. The molecule has 2 aromatic carbocycles. The zero-order valence-electron chi connectivity index (χ0n) is 20.6. The summed E-state index contributed by atoms with van der Waals surface area (Å²) in [7, 11) is -2.22. The van der Waals surface area contributed by atoms with E-state index < -0.39 is 27.7 Å². The number of carbonyl (C=O) groups is 1. The van der Waals surface area contributed by atoms with E-state index in [9.17, 15) is 26.4 Å². The highest BCUT2D eigenvalue weighted by Crippen LogP contribution is 2.39. The highest BCUT2D eigenvalue weighted by atomic mass is 32.2. The second-order valence-corrected chi connectivity index (χ2v) is 11.7. The summed E-state index contributed by atoms with van der Waals surface area (Å²) < 4.78 is 68.0. The van der Waals surface area contributed by atoms with Crippen LogP contribution in [0.2, 0.25) is 0 Å². The van der Waals surface area contributed by atoms with E-state index in [4.69, 9.17) is 0 Å². The molecule has 38 heavy (non-hydrogen) atoms. The summed E-state index contributed by atoms with van der Waals surface area (Å²) in [6.07, 6.45) is 0.0569. The molecule has 0 radical (unpaired) electrons. The van der Waals surface area contributed by atoms with Crippen LogP contribution < -0.4 is 4.90 Å². The van der Waals surface area contributed by atoms with Crippen molar-refractivity contribution < 1.29 is 26.4 Å². The first kappa shape index (κ1) is 27.7. The van der Waals surface area contributed by atoms with Gasteiger partial charge < -0.3 is 0 Å². The number of benzene rings is 2. The summed E-state index contributed by atoms with van der Waals surface area (Å²) in [6.45, 7) is 2.37. The number of amides is 1. The number of pyridine rings is 1. The van der Waals surface area contributed by atoms with Gasteiger partial charge in [-0.15, -0.1) is 0 Å². The topological polar surface area (TPSA) is 83.5 Å². The first-order valence-corrected chi connectivity index (χ1v) is 14.0. The van der Waals surface area contributed by atoms with Crippen molar-refractivity contribution in [3.63, 3.8) is 0 Å². The highest BCUT2D eigenvalue weighted by molar-refractivity contribution is 7.89. The summed E-state index contributed by atoms with van der Waals surface area (Å²) in [6, 6.07) is 12.7. The van der Waals surface area contributed by atoms with Gasteiger partial charge in [0.05, 0.1) is 27.2 Å². The number of hydrogen-bond donors (Lipinski definition) is 0. The molecule has 0 atom stereocenters. The van der Waals surface area contributed by atoms with Crippen molar-refractivity contribution in [3.8, 4) is 0 Å². The first-order valence-electron chi connectivity index (χ1n) is 11.8. The number of unbranched alkanes of at least 4 members (excludes halogenated alkanes) is 1. The van der Waals surface area contributed by atoms with Crippen LogP contribution in [0, 0.1) is 0 Å². The summed E-state index contributed by atoms with van der Waals surface area (Å²) in [5, 5.41) is 0.0921. The standard InChI is InChI=1S/C26H25F3N4O3S2/c1-3-4-16-32(2)38(35,36)20-10-8-19(9-11-20)24(34)33(17-18-12-14-30-15-13-18)25-31-23-21(26(27,28)29)6-5-7-22(23)37-25/h5-15H,3-4,16-17H2,1-2H3. The van der Waals surface area contributed by atoms with Crippen molar-refractivity contribution in [1.82, 2.24) is 14.3 Å². The van der Waals surface area contributed by atoms with Crippen molar-refractivity contribution in [2.45, 2.75) is 37.4 Å². The van der Waals surface area contributed by atoms with E-state index in [1.807, 2.05) is 6.92 Å². The summed E-state index contributed by atoms with van der Waals surface area (Å²) >= 11 is 0.973. The van der Waals surface area contributed by atoms with E-state index in [2.05, 4.69) is 9.97 Å². The molecule has 1 amide bonds. The molecule has 12 heteroatoms. The Morgan fingerprint density at radius 1 is 1.03 bits per heavy atom. The number of sulfonamides is 1. The van der Waals surface area contributed by atoms with Crippen LogP contribution in [-0.4, -0.2) is 42.2 Å². The Balaban J connectivity index is 1.71. The Morgan fingerprint density at radius 2 is 1.71 bits per heavy atom. The minimum Gasteiger partial charge on any atom is -0.279 e.